The monoisotopic (exact) mass is 247 g/mol. The van der Waals surface area contributed by atoms with Crippen LogP contribution in [0.25, 0.3) is 11.1 Å². The molecule has 0 aliphatic carbocycles. The number of nitro groups is 1. The van der Waals surface area contributed by atoms with Crippen LogP contribution in [0.4, 0.5) is 10.1 Å². The zero-order valence-corrected chi connectivity index (χ0v) is 9.38. The van der Waals surface area contributed by atoms with Gasteiger partial charge in [-0.1, -0.05) is 36.4 Å². The second-order valence-electron chi connectivity index (χ2n) is 3.56. The van der Waals surface area contributed by atoms with Crippen molar-refractivity contribution < 1.29 is 14.1 Å². The summed E-state index contributed by atoms with van der Waals surface area (Å²) in [5.74, 6) is -0.0674. The van der Waals surface area contributed by atoms with Crippen molar-refractivity contribution in [2.45, 2.75) is 0 Å². The second-order valence-corrected chi connectivity index (χ2v) is 3.56. The maximum absolute atomic E-state index is 12.1. The fourth-order valence-corrected chi connectivity index (χ4v) is 1.65. The molecule has 0 saturated carbocycles. The van der Waals surface area contributed by atoms with Crippen LogP contribution < -0.4 is 4.74 Å². The Hall–Kier alpha value is -2.43. The Labute approximate surface area is 103 Å². The van der Waals surface area contributed by atoms with Crippen molar-refractivity contribution in [3.63, 3.8) is 0 Å². The minimum atomic E-state index is -1.09. The minimum absolute atomic E-state index is 0.0674. The number of rotatable bonds is 4. The van der Waals surface area contributed by atoms with Crippen LogP contribution in [0.15, 0.2) is 48.5 Å². The van der Waals surface area contributed by atoms with Gasteiger partial charge in [0.15, 0.2) is 5.75 Å². The van der Waals surface area contributed by atoms with Crippen LogP contribution in [0.3, 0.4) is 0 Å². The van der Waals surface area contributed by atoms with E-state index in [0.29, 0.717) is 5.56 Å². The summed E-state index contributed by atoms with van der Waals surface area (Å²) in [6.45, 7) is -1.09. The molecule has 2 rings (SSSR count). The first kappa shape index (κ1) is 12.0. The van der Waals surface area contributed by atoms with Gasteiger partial charge in [0, 0.05) is 6.07 Å². The highest BCUT2D eigenvalue weighted by atomic mass is 19.1. The van der Waals surface area contributed by atoms with E-state index in [9.17, 15) is 14.5 Å². The highest BCUT2D eigenvalue weighted by Crippen LogP contribution is 2.32. The number of halogens is 1. The Bertz CT molecular complexity index is 557. The molecule has 0 heterocycles. The third kappa shape index (κ3) is 2.45. The van der Waals surface area contributed by atoms with Crippen molar-refractivity contribution in [1.82, 2.24) is 0 Å². The predicted molar refractivity (Wildman–Crippen MR) is 65.1 cm³/mol. The van der Waals surface area contributed by atoms with Crippen LogP contribution in [0.5, 0.6) is 5.75 Å². The fraction of sp³-hybridized carbons (Fsp3) is 0.0769. The normalized spacial score (nSPS) is 10.1. The smallest absolute Gasteiger partial charge is 0.311 e. The molecule has 0 aliphatic rings. The van der Waals surface area contributed by atoms with Crippen molar-refractivity contribution in [3.8, 4) is 16.9 Å². The molecule has 0 bridgehead atoms. The molecule has 0 amide bonds. The molecule has 0 atom stereocenters. The van der Waals surface area contributed by atoms with Gasteiger partial charge in [0.2, 0.25) is 6.86 Å². The first-order chi connectivity index (χ1) is 8.72. The van der Waals surface area contributed by atoms with Gasteiger partial charge in [-0.3, -0.25) is 10.1 Å². The van der Waals surface area contributed by atoms with Gasteiger partial charge in [0.1, 0.15) is 0 Å². The van der Waals surface area contributed by atoms with Crippen LogP contribution in [-0.4, -0.2) is 11.8 Å². The maximum Gasteiger partial charge on any atom is 0.311 e. The molecule has 4 nitrogen and oxygen atoms in total. The van der Waals surface area contributed by atoms with E-state index in [0.717, 1.165) is 5.56 Å². The Morgan fingerprint density at radius 3 is 2.44 bits per heavy atom. The van der Waals surface area contributed by atoms with Crippen molar-refractivity contribution >= 4 is 5.69 Å². The molecule has 0 fully saturated rings. The SMILES string of the molecule is O=[N+]([O-])c1cc(-c2ccccc2)ccc1OCF. The fourth-order valence-electron chi connectivity index (χ4n) is 1.65. The van der Waals surface area contributed by atoms with Crippen molar-refractivity contribution in [3.05, 3.63) is 58.6 Å². The lowest BCUT2D eigenvalue weighted by Crippen LogP contribution is -1.97. The highest BCUT2D eigenvalue weighted by molar-refractivity contribution is 5.68. The molecule has 0 unspecified atom stereocenters. The van der Waals surface area contributed by atoms with E-state index in [4.69, 9.17) is 0 Å². The van der Waals surface area contributed by atoms with E-state index >= 15 is 0 Å². The number of ether oxygens (including phenoxy) is 1. The Morgan fingerprint density at radius 2 is 1.83 bits per heavy atom. The molecular weight excluding hydrogens is 237 g/mol. The lowest BCUT2D eigenvalue weighted by Gasteiger charge is -2.05. The van der Waals surface area contributed by atoms with Crippen LogP contribution in [0, 0.1) is 10.1 Å². The number of nitro benzene ring substituents is 1. The molecule has 0 aliphatic heterocycles. The molecule has 5 heteroatoms. The predicted octanol–water partition coefficient (Wildman–Crippen LogP) is 3.57. The van der Waals surface area contributed by atoms with Crippen molar-refractivity contribution in [1.29, 1.82) is 0 Å². The Kier molecular flexibility index (Phi) is 3.52. The summed E-state index contributed by atoms with van der Waals surface area (Å²) in [6, 6.07) is 13.7. The average molecular weight is 247 g/mol. The summed E-state index contributed by atoms with van der Waals surface area (Å²) >= 11 is 0. The van der Waals surface area contributed by atoms with Crippen molar-refractivity contribution in [2.24, 2.45) is 0 Å². The summed E-state index contributed by atoms with van der Waals surface area (Å²) in [5.41, 5.74) is 1.30. The van der Waals surface area contributed by atoms with Gasteiger partial charge >= 0.3 is 5.69 Å². The number of nitrogens with zero attached hydrogens (tertiary/aromatic N) is 1. The number of hydrogen-bond donors (Lipinski definition) is 0. The lowest BCUT2D eigenvalue weighted by molar-refractivity contribution is -0.386. The van der Waals surface area contributed by atoms with Crippen molar-refractivity contribution in [2.75, 3.05) is 6.86 Å². The first-order valence-corrected chi connectivity index (χ1v) is 5.25. The molecule has 0 N–H and O–H groups in total. The molecular formula is C13H10FNO3. The lowest BCUT2D eigenvalue weighted by atomic mass is 10.1. The van der Waals surface area contributed by atoms with Gasteiger partial charge in [0.05, 0.1) is 4.92 Å². The zero-order valence-electron chi connectivity index (χ0n) is 9.38. The summed E-state index contributed by atoms with van der Waals surface area (Å²) in [5, 5.41) is 10.9. The first-order valence-electron chi connectivity index (χ1n) is 5.25. The van der Waals surface area contributed by atoms with Gasteiger partial charge in [-0.05, 0) is 17.2 Å². The van der Waals surface area contributed by atoms with E-state index in [1.54, 1.807) is 6.07 Å². The van der Waals surface area contributed by atoms with Crippen LogP contribution in [-0.2, 0) is 0 Å². The van der Waals surface area contributed by atoms with E-state index in [-0.39, 0.29) is 11.4 Å². The van der Waals surface area contributed by atoms with Gasteiger partial charge < -0.3 is 4.74 Å². The number of alkyl halides is 1. The summed E-state index contributed by atoms with van der Waals surface area (Å²) in [7, 11) is 0. The topological polar surface area (TPSA) is 52.4 Å². The summed E-state index contributed by atoms with van der Waals surface area (Å²) < 4.78 is 16.7. The molecule has 92 valence electrons. The minimum Gasteiger partial charge on any atom is -0.456 e. The standard InChI is InChI=1S/C13H10FNO3/c14-9-18-13-7-6-11(8-12(13)15(16)17)10-4-2-1-3-5-10/h1-8H,9H2. The molecule has 2 aromatic rings. The Balaban J connectivity index is 2.46. The van der Waals surface area contributed by atoms with E-state index in [1.165, 1.54) is 12.1 Å². The van der Waals surface area contributed by atoms with Gasteiger partial charge in [-0.2, -0.15) is 0 Å². The molecule has 0 spiro atoms. The summed E-state index contributed by atoms with van der Waals surface area (Å²) in [6.07, 6.45) is 0. The van der Waals surface area contributed by atoms with Gasteiger partial charge in [-0.15, -0.1) is 0 Å². The van der Waals surface area contributed by atoms with Gasteiger partial charge in [-0.25, -0.2) is 4.39 Å². The molecule has 0 aromatic heterocycles. The average Bonchev–Trinajstić information content (AvgIpc) is 2.40. The molecule has 0 radical (unpaired) electrons. The van der Waals surface area contributed by atoms with E-state index in [1.807, 2.05) is 30.3 Å². The van der Waals surface area contributed by atoms with Gasteiger partial charge in [0.25, 0.3) is 0 Å². The zero-order chi connectivity index (χ0) is 13.0. The molecule has 18 heavy (non-hydrogen) atoms. The van der Waals surface area contributed by atoms with E-state index in [2.05, 4.69) is 4.74 Å². The van der Waals surface area contributed by atoms with Crippen LogP contribution in [0.1, 0.15) is 0 Å². The third-order valence-electron chi connectivity index (χ3n) is 2.47. The highest BCUT2D eigenvalue weighted by Gasteiger charge is 2.16. The number of hydrogen-bond acceptors (Lipinski definition) is 3. The van der Waals surface area contributed by atoms with Crippen LogP contribution in [0.2, 0.25) is 0 Å². The molecule has 0 saturated heterocycles. The van der Waals surface area contributed by atoms with Crippen LogP contribution >= 0.6 is 0 Å². The quantitative estimate of drug-likeness (QED) is 0.613. The van der Waals surface area contributed by atoms with E-state index < -0.39 is 11.8 Å². The third-order valence-corrected chi connectivity index (χ3v) is 2.47. The maximum atomic E-state index is 12.1. The Morgan fingerprint density at radius 1 is 1.11 bits per heavy atom. The summed E-state index contributed by atoms with van der Waals surface area (Å²) in [4.78, 5) is 10.3. The molecule has 2 aromatic carbocycles. The second kappa shape index (κ2) is 5.27. The largest absolute Gasteiger partial charge is 0.456 e. The number of benzene rings is 2.